The molecule has 5 N–H and O–H groups in total. The Morgan fingerprint density at radius 3 is 2.30 bits per heavy atom. The molecule has 0 fully saturated rings. The van der Waals surface area contributed by atoms with Crippen molar-refractivity contribution < 1.29 is 4.57 Å². The summed E-state index contributed by atoms with van der Waals surface area (Å²) in [5, 5.41) is 3.41. The fourth-order valence-electron chi connectivity index (χ4n) is 3.43. The van der Waals surface area contributed by atoms with Crippen molar-refractivity contribution in [2.45, 2.75) is 13.8 Å². The molecule has 5 nitrogen and oxygen atoms in total. The van der Waals surface area contributed by atoms with Gasteiger partial charge in [-0.2, -0.15) is 0 Å². The fourth-order valence-corrected chi connectivity index (χ4v) is 3.43. The van der Waals surface area contributed by atoms with E-state index >= 15 is 0 Å². The number of nitrogens with zero attached hydrogens (tertiary/aromatic N) is 2. The van der Waals surface area contributed by atoms with Crippen LogP contribution in [0.3, 0.4) is 0 Å². The number of nitrogen functional groups attached to an aromatic ring is 1. The second kappa shape index (κ2) is 6.85. The van der Waals surface area contributed by atoms with Gasteiger partial charge >= 0.3 is 0 Å². The van der Waals surface area contributed by atoms with E-state index in [9.17, 15) is 0 Å². The Balaban J connectivity index is 2.12. The van der Waals surface area contributed by atoms with Crippen LogP contribution in [0.4, 0.5) is 11.4 Å². The minimum Gasteiger partial charge on any atom is -0.398 e. The van der Waals surface area contributed by atoms with Gasteiger partial charge in [0.25, 0.3) is 0 Å². The number of para-hydroxylation sites is 1. The van der Waals surface area contributed by atoms with Gasteiger partial charge < -0.3 is 16.8 Å². The largest absolute Gasteiger partial charge is 0.398 e. The third-order valence-corrected chi connectivity index (χ3v) is 4.88. The molecule has 1 heterocycles. The van der Waals surface area contributed by atoms with E-state index in [1.54, 1.807) is 0 Å². The summed E-state index contributed by atoms with van der Waals surface area (Å²) in [4.78, 5) is 4.92. The van der Waals surface area contributed by atoms with Crippen LogP contribution in [0.1, 0.15) is 11.1 Å². The molecule has 1 aromatic heterocycles. The smallest absolute Gasteiger partial charge is 0.239 e. The number of benzene rings is 3. The third kappa shape index (κ3) is 3.06. The number of hydrogen-bond donors (Lipinski definition) is 3. The summed E-state index contributed by atoms with van der Waals surface area (Å²) < 4.78 is 2.22. The van der Waals surface area contributed by atoms with Gasteiger partial charge in [-0.05, 0) is 37.1 Å². The normalized spacial score (nSPS) is 11.2. The van der Waals surface area contributed by atoms with Crippen molar-refractivity contribution in [3.63, 3.8) is 0 Å². The number of aromatic nitrogens is 2. The first-order valence-electron chi connectivity index (χ1n) is 9.14. The van der Waals surface area contributed by atoms with Crippen molar-refractivity contribution in [1.29, 1.82) is 0 Å². The van der Waals surface area contributed by atoms with E-state index in [1.807, 2.05) is 31.2 Å². The van der Waals surface area contributed by atoms with Crippen LogP contribution in [0.25, 0.3) is 27.8 Å². The highest BCUT2D eigenvalue weighted by Gasteiger charge is 2.21. The van der Waals surface area contributed by atoms with Crippen LogP contribution < -0.4 is 21.4 Å². The number of anilines is 2. The van der Waals surface area contributed by atoms with Gasteiger partial charge in [-0.25, -0.2) is 4.98 Å². The van der Waals surface area contributed by atoms with Crippen LogP contribution in [0, 0.1) is 13.8 Å². The number of fused-ring (bicyclic) bond motifs is 2. The predicted molar refractivity (Wildman–Crippen MR) is 112 cm³/mol. The highest BCUT2D eigenvalue weighted by molar-refractivity contribution is 5.87. The molecule has 0 radical (unpaired) electrons. The molecule has 0 saturated carbocycles. The lowest BCUT2D eigenvalue weighted by Crippen LogP contribution is -2.33. The van der Waals surface area contributed by atoms with E-state index < -0.39 is 0 Å². The Labute approximate surface area is 158 Å². The van der Waals surface area contributed by atoms with Gasteiger partial charge in [-0.1, -0.05) is 18.2 Å². The summed E-state index contributed by atoms with van der Waals surface area (Å²) in [5.41, 5.74) is 20.9. The van der Waals surface area contributed by atoms with Gasteiger partial charge in [-0.3, -0.25) is 0 Å². The lowest BCUT2D eigenvalue weighted by Gasteiger charge is -2.11. The summed E-state index contributed by atoms with van der Waals surface area (Å²) in [6, 6.07) is 18.6. The second-order valence-electron chi connectivity index (χ2n) is 6.85. The molecule has 0 aliphatic rings. The third-order valence-electron chi connectivity index (χ3n) is 4.88. The van der Waals surface area contributed by atoms with Gasteiger partial charge in [0.15, 0.2) is 0 Å². The first-order chi connectivity index (χ1) is 13.1. The standard InChI is InChI=1S/C22H23N5/c1-14-10-19-21(12-17(14)24)27(16-6-4-3-5-7-16)22-13-18(25-9-8-23)15(2)11-20(22)26-19/h3-7,10-13H,8-9,23H2,1-2H3,(H2,24,25)/p+1. The van der Waals surface area contributed by atoms with Crippen LogP contribution in [-0.2, 0) is 0 Å². The lowest BCUT2D eigenvalue weighted by atomic mass is 10.1. The second-order valence-corrected chi connectivity index (χ2v) is 6.85. The summed E-state index contributed by atoms with van der Waals surface area (Å²) >= 11 is 0. The molecule has 0 bridgehead atoms. The summed E-state index contributed by atoms with van der Waals surface area (Å²) in [7, 11) is 0. The quantitative estimate of drug-likeness (QED) is 0.297. The van der Waals surface area contributed by atoms with E-state index in [0.29, 0.717) is 6.54 Å². The van der Waals surface area contributed by atoms with Gasteiger partial charge in [-0.15, -0.1) is 4.57 Å². The van der Waals surface area contributed by atoms with E-state index in [1.165, 1.54) is 0 Å². The fraction of sp³-hybridized carbons (Fsp3) is 0.182. The molecule has 0 aliphatic heterocycles. The monoisotopic (exact) mass is 358 g/mol. The molecular formula is C22H24N5+. The Bertz CT molecular complexity index is 1140. The zero-order valence-corrected chi connectivity index (χ0v) is 15.7. The van der Waals surface area contributed by atoms with Crippen LogP contribution in [0.5, 0.6) is 0 Å². The Morgan fingerprint density at radius 2 is 1.59 bits per heavy atom. The molecule has 0 aliphatic carbocycles. The first-order valence-corrected chi connectivity index (χ1v) is 9.14. The molecule has 4 aromatic rings. The molecule has 27 heavy (non-hydrogen) atoms. The maximum absolute atomic E-state index is 6.23. The molecule has 0 amide bonds. The van der Waals surface area contributed by atoms with Crippen molar-refractivity contribution in [3.8, 4) is 5.69 Å². The lowest BCUT2D eigenvalue weighted by molar-refractivity contribution is -0.538. The van der Waals surface area contributed by atoms with Crippen molar-refractivity contribution >= 4 is 33.4 Å². The number of nitrogens with two attached hydrogens (primary N) is 2. The van der Waals surface area contributed by atoms with Crippen LogP contribution in [0.2, 0.25) is 0 Å². The van der Waals surface area contributed by atoms with Crippen LogP contribution >= 0.6 is 0 Å². The molecule has 4 rings (SSSR count). The van der Waals surface area contributed by atoms with Crippen LogP contribution in [-0.4, -0.2) is 18.1 Å². The topological polar surface area (TPSA) is 80.8 Å². The average molecular weight is 358 g/mol. The zero-order valence-electron chi connectivity index (χ0n) is 15.7. The van der Waals surface area contributed by atoms with Crippen molar-refractivity contribution in [2.75, 3.05) is 24.1 Å². The molecule has 136 valence electrons. The highest BCUT2D eigenvalue weighted by atomic mass is 15.0. The first kappa shape index (κ1) is 17.2. The van der Waals surface area contributed by atoms with Crippen molar-refractivity contribution in [3.05, 3.63) is 65.7 Å². The minimum atomic E-state index is 0.585. The number of hydrogen-bond acceptors (Lipinski definition) is 4. The number of rotatable bonds is 4. The SMILES string of the molecule is Cc1cc2nc3cc(C)c(NCCN)cc3[n+](-c3ccccc3)c2cc1N. The molecule has 0 saturated heterocycles. The molecule has 5 heteroatoms. The summed E-state index contributed by atoms with van der Waals surface area (Å²) in [5.74, 6) is 0. The molecule has 0 atom stereocenters. The number of aryl methyl sites for hydroxylation is 2. The Kier molecular flexibility index (Phi) is 4.38. The molecule has 3 aromatic carbocycles. The molecule has 0 spiro atoms. The van der Waals surface area contributed by atoms with E-state index in [2.05, 4.69) is 47.1 Å². The highest BCUT2D eigenvalue weighted by Crippen LogP contribution is 2.26. The number of nitrogens with one attached hydrogen (secondary N) is 1. The van der Waals surface area contributed by atoms with Gasteiger partial charge in [0, 0.05) is 48.7 Å². The summed E-state index contributed by atoms with van der Waals surface area (Å²) in [6.45, 7) is 5.41. The summed E-state index contributed by atoms with van der Waals surface area (Å²) in [6.07, 6.45) is 0. The zero-order chi connectivity index (χ0) is 19.0. The maximum Gasteiger partial charge on any atom is 0.239 e. The van der Waals surface area contributed by atoms with Crippen LogP contribution in [0.15, 0.2) is 54.6 Å². The molecule has 0 unspecified atom stereocenters. The van der Waals surface area contributed by atoms with E-state index in [0.717, 1.165) is 56.8 Å². The Morgan fingerprint density at radius 1 is 0.926 bits per heavy atom. The van der Waals surface area contributed by atoms with E-state index in [-0.39, 0.29) is 0 Å². The van der Waals surface area contributed by atoms with Crippen molar-refractivity contribution in [1.82, 2.24) is 4.98 Å². The predicted octanol–water partition coefficient (Wildman–Crippen LogP) is 3.23. The van der Waals surface area contributed by atoms with Gasteiger partial charge in [0.2, 0.25) is 16.7 Å². The maximum atomic E-state index is 6.23. The van der Waals surface area contributed by atoms with Gasteiger partial charge in [0.05, 0.1) is 0 Å². The van der Waals surface area contributed by atoms with Crippen molar-refractivity contribution in [2.24, 2.45) is 5.73 Å². The average Bonchev–Trinajstić information content (AvgIpc) is 2.67. The minimum absolute atomic E-state index is 0.585. The van der Waals surface area contributed by atoms with E-state index in [4.69, 9.17) is 16.5 Å². The van der Waals surface area contributed by atoms with Gasteiger partial charge in [0.1, 0.15) is 11.0 Å². The Hall–Kier alpha value is -3.18. The molecular weight excluding hydrogens is 334 g/mol.